The lowest BCUT2D eigenvalue weighted by atomic mass is 10.0. The van der Waals surface area contributed by atoms with Gasteiger partial charge in [-0.15, -0.1) is 0 Å². The topological polar surface area (TPSA) is 62.2 Å². The van der Waals surface area contributed by atoms with E-state index in [4.69, 9.17) is 5.11 Å². The molecule has 4 heteroatoms. The number of hydrogen-bond donors (Lipinski definition) is 2. The molecule has 1 heterocycles. The van der Waals surface area contributed by atoms with Crippen molar-refractivity contribution in [2.45, 2.75) is 26.2 Å². The van der Waals surface area contributed by atoms with Gasteiger partial charge in [0.05, 0.1) is 5.56 Å². The molecule has 0 saturated heterocycles. The van der Waals surface area contributed by atoms with E-state index in [1.807, 2.05) is 0 Å². The van der Waals surface area contributed by atoms with E-state index in [9.17, 15) is 4.79 Å². The Kier molecular flexibility index (Phi) is 2.81. The van der Waals surface area contributed by atoms with Crippen molar-refractivity contribution in [1.29, 1.82) is 0 Å². The van der Waals surface area contributed by atoms with E-state index in [-0.39, 0.29) is 5.56 Å². The van der Waals surface area contributed by atoms with Gasteiger partial charge < -0.3 is 10.4 Å². The molecule has 0 spiro atoms. The van der Waals surface area contributed by atoms with Crippen molar-refractivity contribution in [3.63, 3.8) is 0 Å². The average molecular weight is 220 g/mol. The van der Waals surface area contributed by atoms with Crippen molar-refractivity contribution in [2.75, 3.05) is 11.9 Å². The van der Waals surface area contributed by atoms with Crippen LogP contribution in [0, 0.1) is 5.41 Å². The molecule has 16 heavy (non-hydrogen) atoms. The summed E-state index contributed by atoms with van der Waals surface area (Å²) in [4.78, 5) is 14.9. The van der Waals surface area contributed by atoms with Crippen LogP contribution in [0.4, 0.5) is 5.82 Å². The van der Waals surface area contributed by atoms with Crippen molar-refractivity contribution < 1.29 is 9.90 Å². The maximum absolute atomic E-state index is 10.8. The van der Waals surface area contributed by atoms with E-state index < -0.39 is 5.97 Å². The molecule has 4 nitrogen and oxygen atoms in total. The minimum Gasteiger partial charge on any atom is -0.478 e. The van der Waals surface area contributed by atoms with Gasteiger partial charge in [0.15, 0.2) is 0 Å². The van der Waals surface area contributed by atoms with E-state index in [2.05, 4.69) is 17.2 Å². The van der Waals surface area contributed by atoms with E-state index in [0.717, 1.165) is 6.54 Å². The van der Waals surface area contributed by atoms with Crippen LogP contribution in [0.1, 0.15) is 36.5 Å². The maximum atomic E-state index is 10.8. The average Bonchev–Trinajstić information content (AvgIpc) is 3.07. The standard InChI is InChI=1S/C12H16N2O2/c1-2-12(4-5-12)8-14-10-7-9(11(15)16)3-6-13-10/h3,6-7H,2,4-5,8H2,1H3,(H,13,14)(H,15,16). The van der Waals surface area contributed by atoms with Gasteiger partial charge in [0.2, 0.25) is 0 Å². The molecule has 0 amide bonds. The lowest BCUT2D eigenvalue weighted by Crippen LogP contribution is -2.15. The van der Waals surface area contributed by atoms with Gasteiger partial charge in [-0.25, -0.2) is 9.78 Å². The van der Waals surface area contributed by atoms with E-state index >= 15 is 0 Å². The zero-order chi connectivity index (χ0) is 11.6. The number of carboxylic acids is 1. The fourth-order valence-corrected chi connectivity index (χ4v) is 1.77. The number of nitrogens with zero attached hydrogens (tertiary/aromatic N) is 1. The summed E-state index contributed by atoms with van der Waals surface area (Å²) >= 11 is 0. The predicted molar refractivity (Wildman–Crippen MR) is 61.6 cm³/mol. The molecule has 1 fully saturated rings. The SMILES string of the molecule is CCC1(CNc2cc(C(=O)O)ccn2)CC1. The smallest absolute Gasteiger partial charge is 0.335 e. The van der Waals surface area contributed by atoms with Crippen LogP contribution in [0.25, 0.3) is 0 Å². The second-order valence-electron chi connectivity index (χ2n) is 4.44. The lowest BCUT2D eigenvalue weighted by Gasteiger charge is -2.13. The molecule has 86 valence electrons. The summed E-state index contributed by atoms with van der Waals surface area (Å²) in [5.74, 6) is -0.262. The van der Waals surface area contributed by atoms with Gasteiger partial charge in [-0.1, -0.05) is 6.92 Å². The Bertz CT molecular complexity index is 400. The van der Waals surface area contributed by atoms with Crippen LogP contribution in [0.3, 0.4) is 0 Å². The molecule has 1 aromatic heterocycles. The zero-order valence-corrected chi connectivity index (χ0v) is 9.36. The van der Waals surface area contributed by atoms with E-state index in [1.165, 1.54) is 31.5 Å². The van der Waals surface area contributed by atoms with Crippen LogP contribution < -0.4 is 5.32 Å². The maximum Gasteiger partial charge on any atom is 0.335 e. The van der Waals surface area contributed by atoms with Crippen LogP contribution in [-0.4, -0.2) is 22.6 Å². The first-order chi connectivity index (χ1) is 7.65. The van der Waals surface area contributed by atoms with Crippen molar-refractivity contribution in [3.05, 3.63) is 23.9 Å². The van der Waals surface area contributed by atoms with Gasteiger partial charge >= 0.3 is 5.97 Å². The van der Waals surface area contributed by atoms with Gasteiger partial charge in [-0.2, -0.15) is 0 Å². The Morgan fingerprint density at radius 3 is 2.94 bits per heavy atom. The summed E-state index contributed by atoms with van der Waals surface area (Å²) in [6.45, 7) is 3.08. The third-order valence-electron chi connectivity index (χ3n) is 3.36. The summed E-state index contributed by atoms with van der Waals surface area (Å²) in [6.07, 6.45) is 5.21. The predicted octanol–water partition coefficient (Wildman–Crippen LogP) is 2.38. The largest absolute Gasteiger partial charge is 0.478 e. The fraction of sp³-hybridized carbons (Fsp3) is 0.500. The highest BCUT2D eigenvalue weighted by atomic mass is 16.4. The van der Waals surface area contributed by atoms with Gasteiger partial charge in [-0.3, -0.25) is 0 Å². The monoisotopic (exact) mass is 220 g/mol. The van der Waals surface area contributed by atoms with Crippen molar-refractivity contribution >= 4 is 11.8 Å². The molecule has 1 aromatic rings. The number of aromatic nitrogens is 1. The highest BCUT2D eigenvalue weighted by Gasteiger charge is 2.40. The molecule has 0 atom stereocenters. The number of carbonyl (C=O) groups is 1. The number of pyridine rings is 1. The normalized spacial score (nSPS) is 16.8. The highest BCUT2D eigenvalue weighted by Crippen LogP contribution is 2.48. The molecule has 0 radical (unpaired) electrons. The van der Waals surface area contributed by atoms with Crippen LogP contribution >= 0.6 is 0 Å². The second kappa shape index (κ2) is 4.12. The van der Waals surface area contributed by atoms with Crippen LogP contribution in [-0.2, 0) is 0 Å². The van der Waals surface area contributed by atoms with Crippen molar-refractivity contribution in [3.8, 4) is 0 Å². The molecule has 2 rings (SSSR count). The number of nitrogens with one attached hydrogen (secondary N) is 1. The lowest BCUT2D eigenvalue weighted by molar-refractivity contribution is 0.0697. The first-order valence-corrected chi connectivity index (χ1v) is 5.58. The molecule has 0 bridgehead atoms. The first kappa shape index (κ1) is 10.9. The Morgan fingerprint density at radius 2 is 2.38 bits per heavy atom. The van der Waals surface area contributed by atoms with Crippen molar-refractivity contribution in [1.82, 2.24) is 4.98 Å². The Hall–Kier alpha value is -1.58. The Labute approximate surface area is 94.7 Å². The molecule has 2 N–H and O–H groups in total. The molecule has 0 aliphatic heterocycles. The van der Waals surface area contributed by atoms with Gasteiger partial charge in [-0.05, 0) is 36.8 Å². The van der Waals surface area contributed by atoms with Crippen molar-refractivity contribution in [2.24, 2.45) is 5.41 Å². The third-order valence-corrected chi connectivity index (χ3v) is 3.36. The number of anilines is 1. The second-order valence-corrected chi connectivity index (χ2v) is 4.44. The minimum atomic E-state index is -0.915. The zero-order valence-electron chi connectivity index (χ0n) is 9.36. The van der Waals surface area contributed by atoms with Gasteiger partial charge in [0, 0.05) is 12.7 Å². The summed E-state index contributed by atoms with van der Waals surface area (Å²) in [7, 11) is 0. The number of hydrogen-bond acceptors (Lipinski definition) is 3. The molecule has 0 unspecified atom stereocenters. The van der Waals surface area contributed by atoms with Crippen LogP contribution in [0.2, 0.25) is 0 Å². The minimum absolute atomic E-state index is 0.277. The first-order valence-electron chi connectivity index (χ1n) is 5.58. The third kappa shape index (κ3) is 2.32. The number of aromatic carboxylic acids is 1. The van der Waals surface area contributed by atoms with Crippen LogP contribution in [0.15, 0.2) is 18.3 Å². The Morgan fingerprint density at radius 1 is 1.62 bits per heavy atom. The molecule has 1 aliphatic rings. The molecule has 0 aromatic carbocycles. The van der Waals surface area contributed by atoms with Gasteiger partial charge in [0.1, 0.15) is 5.82 Å². The highest BCUT2D eigenvalue weighted by molar-refractivity contribution is 5.88. The molecular weight excluding hydrogens is 204 g/mol. The van der Waals surface area contributed by atoms with Crippen LogP contribution in [0.5, 0.6) is 0 Å². The van der Waals surface area contributed by atoms with E-state index in [1.54, 1.807) is 6.07 Å². The summed E-state index contributed by atoms with van der Waals surface area (Å²) < 4.78 is 0. The molecular formula is C12H16N2O2. The van der Waals surface area contributed by atoms with Gasteiger partial charge in [0.25, 0.3) is 0 Å². The quantitative estimate of drug-likeness (QED) is 0.799. The number of rotatable bonds is 5. The Balaban J connectivity index is 1.99. The van der Waals surface area contributed by atoms with E-state index in [0.29, 0.717) is 11.2 Å². The number of carboxylic acid groups (broad SMARTS) is 1. The fourth-order valence-electron chi connectivity index (χ4n) is 1.77. The summed E-state index contributed by atoms with van der Waals surface area (Å²) in [6, 6.07) is 3.08. The summed E-state index contributed by atoms with van der Waals surface area (Å²) in [5.41, 5.74) is 0.708. The summed E-state index contributed by atoms with van der Waals surface area (Å²) in [5, 5.41) is 12.1. The molecule has 1 aliphatic carbocycles. The molecule has 1 saturated carbocycles.